The van der Waals surface area contributed by atoms with Gasteiger partial charge < -0.3 is 37.3 Å². The van der Waals surface area contributed by atoms with Crippen molar-refractivity contribution in [3.63, 3.8) is 0 Å². The fraction of sp³-hybridized carbons (Fsp3) is 0.296. The standard InChI is InChI=1S/C27H37N9/c1-18(2)19(13-28)12-26(30)34-27-9-8-25-24(33-27)11-20(16-36(25)5)22(15-31-3)23(29)17-35(4)21-7-6-10-32-14-21/h6-16,18,25,29,31H,17,28,30H2,1-5H3,(H,33,34)/b19-13+,22-15-,26-12+,29-23?. The van der Waals surface area contributed by atoms with Crippen LogP contribution in [-0.4, -0.2) is 55.2 Å². The molecule has 9 nitrogen and oxygen atoms in total. The molecule has 190 valence electrons. The summed E-state index contributed by atoms with van der Waals surface area (Å²) in [5.74, 6) is 1.38. The van der Waals surface area contributed by atoms with Crippen molar-refractivity contribution in [3.8, 4) is 0 Å². The molecule has 3 heterocycles. The summed E-state index contributed by atoms with van der Waals surface area (Å²) in [6.07, 6.45) is 16.9. The van der Waals surface area contributed by atoms with E-state index in [0.29, 0.717) is 23.9 Å². The van der Waals surface area contributed by atoms with Gasteiger partial charge in [0.15, 0.2) is 0 Å². The van der Waals surface area contributed by atoms with Crippen molar-refractivity contribution >= 4 is 17.2 Å². The van der Waals surface area contributed by atoms with E-state index >= 15 is 0 Å². The molecule has 0 fully saturated rings. The zero-order valence-electron chi connectivity index (χ0n) is 21.7. The van der Waals surface area contributed by atoms with Gasteiger partial charge in [-0.1, -0.05) is 19.9 Å². The second-order valence-electron chi connectivity index (χ2n) is 9.06. The summed E-state index contributed by atoms with van der Waals surface area (Å²) in [5.41, 5.74) is 16.9. The van der Waals surface area contributed by atoms with Gasteiger partial charge in [0.05, 0.1) is 35.9 Å². The van der Waals surface area contributed by atoms with E-state index in [1.54, 1.807) is 18.6 Å². The van der Waals surface area contributed by atoms with Gasteiger partial charge in [0.1, 0.15) is 11.7 Å². The summed E-state index contributed by atoms with van der Waals surface area (Å²) < 4.78 is 0. The molecule has 7 N–H and O–H groups in total. The van der Waals surface area contributed by atoms with Crippen LogP contribution in [0.3, 0.4) is 0 Å². The van der Waals surface area contributed by atoms with Crippen molar-refractivity contribution in [2.24, 2.45) is 22.4 Å². The van der Waals surface area contributed by atoms with Crippen LogP contribution in [-0.2, 0) is 0 Å². The molecule has 0 radical (unpaired) electrons. The molecule has 2 aliphatic rings. The number of pyridine rings is 1. The Hall–Kier alpha value is -4.27. The Morgan fingerprint density at radius 3 is 2.78 bits per heavy atom. The summed E-state index contributed by atoms with van der Waals surface area (Å²) in [7, 11) is 5.80. The zero-order chi connectivity index (χ0) is 26.2. The molecule has 1 aromatic rings. The van der Waals surface area contributed by atoms with E-state index in [-0.39, 0.29) is 12.0 Å². The van der Waals surface area contributed by atoms with Gasteiger partial charge in [-0.2, -0.15) is 0 Å². The minimum atomic E-state index is 0.00255. The number of aliphatic imine (C=N–C) groups is 1. The number of allylic oxidation sites excluding steroid dienone is 4. The molecule has 1 atom stereocenters. The molecule has 9 heteroatoms. The topological polar surface area (TPSA) is 132 Å². The quantitative estimate of drug-likeness (QED) is 0.267. The van der Waals surface area contributed by atoms with Crippen LogP contribution in [0, 0.1) is 11.3 Å². The number of nitrogens with one attached hydrogen (secondary N) is 3. The normalized spacial score (nSPS) is 18.3. The van der Waals surface area contributed by atoms with Crippen LogP contribution in [0.5, 0.6) is 0 Å². The molecule has 1 aromatic heterocycles. The van der Waals surface area contributed by atoms with Crippen molar-refractivity contribution in [1.29, 1.82) is 5.41 Å². The van der Waals surface area contributed by atoms with E-state index in [2.05, 4.69) is 40.4 Å². The van der Waals surface area contributed by atoms with Gasteiger partial charge in [-0.3, -0.25) is 4.98 Å². The molecule has 0 saturated carbocycles. The Morgan fingerprint density at radius 2 is 2.14 bits per heavy atom. The third kappa shape index (κ3) is 6.44. The number of anilines is 1. The van der Waals surface area contributed by atoms with E-state index < -0.39 is 0 Å². The maximum atomic E-state index is 8.85. The Labute approximate surface area is 213 Å². The third-order valence-electron chi connectivity index (χ3n) is 5.93. The first-order valence-electron chi connectivity index (χ1n) is 11.9. The molecule has 0 spiro atoms. The minimum Gasteiger partial charge on any atom is -0.404 e. The average Bonchev–Trinajstić information content (AvgIpc) is 2.85. The van der Waals surface area contributed by atoms with Gasteiger partial charge in [-0.05, 0) is 48.1 Å². The number of nitrogens with two attached hydrogens (primary N) is 2. The molecule has 3 rings (SSSR count). The zero-order valence-corrected chi connectivity index (χ0v) is 21.7. The summed E-state index contributed by atoms with van der Waals surface area (Å²) in [5, 5.41) is 15.1. The van der Waals surface area contributed by atoms with Gasteiger partial charge in [-0.15, -0.1) is 0 Å². The van der Waals surface area contributed by atoms with Crippen LogP contribution < -0.4 is 27.0 Å². The molecule has 0 saturated heterocycles. The first-order chi connectivity index (χ1) is 17.2. The Bertz CT molecular complexity index is 1170. The first kappa shape index (κ1) is 26.3. The van der Waals surface area contributed by atoms with E-state index in [4.69, 9.17) is 21.9 Å². The number of amidine groups is 1. The lowest BCUT2D eigenvalue weighted by Gasteiger charge is -2.32. The predicted molar refractivity (Wildman–Crippen MR) is 149 cm³/mol. The third-order valence-corrected chi connectivity index (χ3v) is 5.93. The van der Waals surface area contributed by atoms with Crippen molar-refractivity contribution in [3.05, 3.63) is 95.7 Å². The SMILES string of the molecule is CN/C=C(\C(=N)CN(C)c1cccnc1)C1=CN(C)C2C=CC(N/C(N)=C/C(=C\N)C(C)C)=NC2=C1. The van der Waals surface area contributed by atoms with Crippen molar-refractivity contribution in [1.82, 2.24) is 20.5 Å². The van der Waals surface area contributed by atoms with E-state index in [9.17, 15) is 0 Å². The highest BCUT2D eigenvalue weighted by Crippen LogP contribution is 2.28. The fourth-order valence-corrected chi connectivity index (χ4v) is 3.95. The number of rotatable bonds is 9. The molecule has 0 aliphatic carbocycles. The van der Waals surface area contributed by atoms with Gasteiger partial charge in [-0.25, -0.2) is 4.99 Å². The minimum absolute atomic E-state index is 0.00255. The van der Waals surface area contributed by atoms with E-state index in [1.165, 1.54) is 0 Å². The first-order valence-corrected chi connectivity index (χ1v) is 11.9. The highest BCUT2D eigenvalue weighted by Gasteiger charge is 2.25. The lowest BCUT2D eigenvalue weighted by atomic mass is 9.95. The molecule has 0 aromatic carbocycles. The van der Waals surface area contributed by atoms with Crippen LogP contribution in [0.4, 0.5) is 5.69 Å². The second kappa shape index (κ2) is 11.9. The average molecular weight is 488 g/mol. The van der Waals surface area contributed by atoms with E-state index in [1.807, 2.05) is 68.8 Å². The maximum absolute atomic E-state index is 8.85. The lowest BCUT2D eigenvalue weighted by molar-refractivity contribution is 0.411. The largest absolute Gasteiger partial charge is 0.404 e. The molecular weight excluding hydrogens is 450 g/mol. The predicted octanol–water partition coefficient (Wildman–Crippen LogP) is 2.58. The number of aromatic nitrogens is 1. The smallest absolute Gasteiger partial charge is 0.131 e. The van der Waals surface area contributed by atoms with Crippen LogP contribution in [0.15, 0.2) is 101 Å². The number of dihydropyridines is 1. The molecule has 36 heavy (non-hydrogen) atoms. The van der Waals surface area contributed by atoms with E-state index in [0.717, 1.165) is 28.1 Å². The van der Waals surface area contributed by atoms with Gasteiger partial charge in [0.25, 0.3) is 0 Å². The summed E-state index contributed by atoms with van der Waals surface area (Å²) >= 11 is 0. The van der Waals surface area contributed by atoms with Crippen molar-refractivity contribution in [2.75, 3.05) is 32.6 Å². The molecule has 0 amide bonds. The van der Waals surface area contributed by atoms with Crippen LogP contribution in [0.1, 0.15) is 13.8 Å². The maximum Gasteiger partial charge on any atom is 0.131 e. The van der Waals surface area contributed by atoms with Crippen molar-refractivity contribution < 1.29 is 0 Å². The second-order valence-corrected chi connectivity index (χ2v) is 9.06. The summed E-state index contributed by atoms with van der Waals surface area (Å²) in [4.78, 5) is 13.1. The molecule has 1 unspecified atom stereocenters. The molecule has 2 aliphatic heterocycles. The van der Waals surface area contributed by atoms with Crippen LogP contribution in [0.25, 0.3) is 0 Å². The van der Waals surface area contributed by atoms with Gasteiger partial charge in [0, 0.05) is 50.9 Å². The number of hydrogen-bond donors (Lipinski definition) is 5. The number of fused-ring (bicyclic) bond motifs is 1. The lowest BCUT2D eigenvalue weighted by Crippen LogP contribution is -2.36. The van der Waals surface area contributed by atoms with Gasteiger partial charge in [0.2, 0.25) is 0 Å². The van der Waals surface area contributed by atoms with Crippen LogP contribution in [0.2, 0.25) is 0 Å². The summed E-state index contributed by atoms with van der Waals surface area (Å²) in [6, 6.07) is 3.87. The Balaban J connectivity index is 1.83. The van der Waals surface area contributed by atoms with Crippen LogP contribution >= 0.6 is 0 Å². The number of nitrogens with zero attached hydrogens (tertiary/aromatic N) is 4. The fourth-order valence-electron chi connectivity index (χ4n) is 3.95. The van der Waals surface area contributed by atoms with Crippen molar-refractivity contribution in [2.45, 2.75) is 19.9 Å². The Morgan fingerprint density at radius 1 is 1.36 bits per heavy atom. The molecule has 0 bridgehead atoms. The highest BCUT2D eigenvalue weighted by atomic mass is 15.2. The monoisotopic (exact) mass is 487 g/mol. The molecular formula is C27H37N9. The number of hydrogen-bond acceptors (Lipinski definition) is 9. The summed E-state index contributed by atoms with van der Waals surface area (Å²) in [6.45, 7) is 4.55. The van der Waals surface area contributed by atoms with Gasteiger partial charge >= 0.3 is 0 Å². The highest BCUT2D eigenvalue weighted by molar-refractivity contribution is 6.05. The number of likely N-dealkylation sites (N-methyl/N-ethyl adjacent to an activating group) is 1. The Kier molecular flexibility index (Phi) is 8.72.